The van der Waals surface area contributed by atoms with Crippen LogP contribution < -0.4 is 0 Å². The van der Waals surface area contributed by atoms with Crippen LogP contribution in [0.1, 0.15) is 20.7 Å². The summed E-state index contributed by atoms with van der Waals surface area (Å²) < 4.78 is 24.7. The molecule has 0 atom stereocenters. The number of halogens is 6. The highest BCUT2D eigenvalue weighted by Gasteiger charge is 2.17. The van der Waals surface area contributed by atoms with E-state index in [2.05, 4.69) is 136 Å². The van der Waals surface area contributed by atoms with Crippen LogP contribution in [-0.4, -0.2) is 56.1 Å². The molecule has 0 unspecified atom stereocenters. The summed E-state index contributed by atoms with van der Waals surface area (Å²) in [7, 11) is 0. The van der Waals surface area contributed by atoms with Crippen molar-refractivity contribution in [3.05, 3.63) is 56.8 Å². The molecule has 0 aromatic heterocycles. The summed E-state index contributed by atoms with van der Waals surface area (Å²) >= 11 is 12.7. The Bertz CT molecular complexity index is 1080. The molecule has 0 N–H and O–H groups in total. The fourth-order valence-electron chi connectivity index (χ4n) is 2.21. The van der Waals surface area contributed by atoms with Crippen molar-refractivity contribution in [2.24, 2.45) is 0 Å². The third-order valence-electron chi connectivity index (χ3n) is 3.87. The van der Waals surface area contributed by atoms with Crippen LogP contribution in [0.5, 0.6) is 0 Å². The number of esters is 4. The number of rotatable bonds is 10. The molecule has 2 aromatic carbocycles. The first-order valence-electron chi connectivity index (χ1n) is 9.35. The van der Waals surface area contributed by atoms with Gasteiger partial charge in [0.15, 0.2) is 26.4 Å². The summed E-state index contributed by atoms with van der Waals surface area (Å²) in [5.41, 5.74) is 0.569. The lowest BCUT2D eigenvalue weighted by atomic mass is 10.2. The maximum atomic E-state index is 12.1. The number of benzene rings is 2. The van der Waals surface area contributed by atoms with Gasteiger partial charge in [0.05, 0.1) is 11.1 Å². The fraction of sp³-hybridized carbons (Fsp3) is 0.190. The molecule has 0 aliphatic rings. The van der Waals surface area contributed by atoms with E-state index < -0.39 is 56.1 Å². The quantitative estimate of drug-likeness (QED) is 0.140. The van der Waals surface area contributed by atoms with Crippen molar-refractivity contribution >= 4 is 165 Å². The third-order valence-corrected chi connectivity index (χ3v) is 13.7. The molecule has 0 aliphatic heterocycles. The Balaban J connectivity index is 1.68. The highest BCUT2D eigenvalue weighted by atomic mass is 127. The smallest absolute Gasteiger partial charge is 0.344 e. The number of ketones is 1. The largest absolute Gasteiger partial charge is 0.455 e. The zero-order chi connectivity index (χ0) is 27.0. The summed E-state index contributed by atoms with van der Waals surface area (Å²) in [6, 6.07) is 6.54. The maximum Gasteiger partial charge on any atom is 0.344 e. The third kappa shape index (κ3) is 10.5. The summed E-state index contributed by atoms with van der Waals surface area (Å²) in [4.78, 5) is 59.6. The van der Waals surface area contributed by atoms with Gasteiger partial charge in [0, 0.05) is 21.4 Å². The molecular weight excluding hydrogens is 1160 g/mol. The highest BCUT2D eigenvalue weighted by molar-refractivity contribution is 14.1. The SMILES string of the molecule is O=C(COC(=O)COC(=O)c1cc(I)c(I)c(I)c1)COC(=O)COC(=O)c1cc(I)c(I)c(I)c1. The van der Waals surface area contributed by atoms with Crippen LogP contribution in [0.2, 0.25) is 0 Å². The van der Waals surface area contributed by atoms with E-state index in [-0.39, 0.29) is 11.1 Å². The predicted molar refractivity (Wildman–Crippen MR) is 177 cm³/mol. The van der Waals surface area contributed by atoms with E-state index in [9.17, 15) is 24.0 Å². The molecule has 0 amide bonds. The molecule has 9 nitrogen and oxygen atoms in total. The standard InChI is InChI=1S/C21H12I6O9/c22-12-1-9(2-13(23)18(12)26)20(31)35-7-16(29)33-5-11(28)6-34-17(30)8-36-21(32)10-3-14(24)19(27)15(25)4-10/h1-4H,5-8H2. The van der Waals surface area contributed by atoms with Crippen LogP contribution in [0.4, 0.5) is 0 Å². The molecule has 0 heterocycles. The number of carbonyl (C=O) groups is 5. The number of carbonyl (C=O) groups excluding carboxylic acids is 5. The maximum absolute atomic E-state index is 12.1. The Hall–Kier alpha value is 0.370. The van der Waals surface area contributed by atoms with Crippen molar-refractivity contribution in [3.63, 3.8) is 0 Å². The zero-order valence-electron chi connectivity index (χ0n) is 17.6. The van der Waals surface area contributed by atoms with Gasteiger partial charge in [0.2, 0.25) is 5.78 Å². The first-order valence-corrected chi connectivity index (χ1v) is 15.8. The molecule has 2 aromatic rings. The van der Waals surface area contributed by atoms with E-state index in [1.165, 1.54) is 0 Å². The van der Waals surface area contributed by atoms with E-state index in [0.29, 0.717) is 0 Å². The second kappa shape index (κ2) is 15.8. The lowest BCUT2D eigenvalue weighted by Gasteiger charge is -2.09. The summed E-state index contributed by atoms with van der Waals surface area (Å²) in [5.74, 6) is -3.99. The first-order chi connectivity index (χ1) is 16.9. The Kier molecular flexibility index (Phi) is 14.3. The first kappa shape index (κ1) is 32.6. The molecule has 0 radical (unpaired) electrons. The van der Waals surface area contributed by atoms with Crippen molar-refractivity contribution in [2.75, 3.05) is 26.4 Å². The minimum Gasteiger partial charge on any atom is -0.455 e. The molecule has 0 saturated carbocycles. The molecule has 0 spiro atoms. The second-order valence-electron chi connectivity index (χ2n) is 6.52. The number of hydrogen-bond donors (Lipinski definition) is 0. The van der Waals surface area contributed by atoms with Crippen molar-refractivity contribution in [3.8, 4) is 0 Å². The number of Topliss-reactive ketones (excluding diaryl/α,β-unsaturated/α-hetero) is 1. The van der Waals surface area contributed by atoms with Gasteiger partial charge in [0.25, 0.3) is 0 Å². The normalized spacial score (nSPS) is 10.4. The summed E-state index contributed by atoms with van der Waals surface area (Å²) in [6.07, 6.45) is 0. The van der Waals surface area contributed by atoms with Crippen LogP contribution in [0.3, 0.4) is 0 Å². The van der Waals surface area contributed by atoms with Crippen molar-refractivity contribution in [1.29, 1.82) is 0 Å². The summed E-state index contributed by atoms with van der Waals surface area (Å²) in [6.45, 7) is -2.72. The lowest BCUT2D eigenvalue weighted by Crippen LogP contribution is -2.25. The van der Waals surface area contributed by atoms with Crippen LogP contribution in [-0.2, 0) is 33.3 Å². The molecule has 2 rings (SSSR count). The van der Waals surface area contributed by atoms with Gasteiger partial charge < -0.3 is 18.9 Å². The predicted octanol–water partition coefficient (Wildman–Crippen LogP) is 4.98. The van der Waals surface area contributed by atoms with Gasteiger partial charge in [-0.3, -0.25) is 4.79 Å². The van der Waals surface area contributed by atoms with E-state index >= 15 is 0 Å². The van der Waals surface area contributed by atoms with Gasteiger partial charge in [-0.25, -0.2) is 19.2 Å². The van der Waals surface area contributed by atoms with Crippen LogP contribution in [0.25, 0.3) is 0 Å². The Morgan fingerprint density at radius 1 is 0.500 bits per heavy atom. The molecule has 0 saturated heterocycles. The van der Waals surface area contributed by atoms with Gasteiger partial charge in [-0.05, 0) is 160 Å². The molecule has 192 valence electrons. The van der Waals surface area contributed by atoms with Crippen LogP contribution in [0, 0.1) is 21.4 Å². The molecule has 0 fully saturated rings. The number of ether oxygens (including phenoxy) is 4. The number of hydrogen-bond acceptors (Lipinski definition) is 9. The van der Waals surface area contributed by atoms with E-state index in [1.54, 1.807) is 24.3 Å². The molecule has 0 aliphatic carbocycles. The zero-order valence-corrected chi connectivity index (χ0v) is 30.5. The van der Waals surface area contributed by atoms with E-state index in [1.807, 2.05) is 0 Å². The molecular formula is C21H12I6O9. The average molecular weight is 1170 g/mol. The van der Waals surface area contributed by atoms with Crippen molar-refractivity contribution in [2.45, 2.75) is 0 Å². The minimum atomic E-state index is -0.936. The Labute approximate surface area is 287 Å². The van der Waals surface area contributed by atoms with Gasteiger partial charge in [-0.1, -0.05) is 0 Å². The van der Waals surface area contributed by atoms with Gasteiger partial charge in [0.1, 0.15) is 0 Å². The molecule has 0 bridgehead atoms. The van der Waals surface area contributed by atoms with E-state index in [4.69, 9.17) is 18.9 Å². The van der Waals surface area contributed by atoms with Crippen molar-refractivity contribution in [1.82, 2.24) is 0 Å². The monoisotopic (exact) mass is 1170 g/mol. The topological polar surface area (TPSA) is 122 Å². The Morgan fingerprint density at radius 2 is 0.806 bits per heavy atom. The van der Waals surface area contributed by atoms with Crippen molar-refractivity contribution < 1.29 is 42.9 Å². The molecule has 15 heteroatoms. The highest BCUT2D eigenvalue weighted by Crippen LogP contribution is 2.24. The van der Waals surface area contributed by atoms with Crippen LogP contribution in [0.15, 0.2) is 24.3 Å². The van der Waals surface area contributed by atoms with E-state index in [0.717, 1.165) is 21.4 Å². The van der Waals surface area contributed by atoms with Crippen LogP contribution >= 0.6 is 136 Å². The van der Waals surface area contributed by atoms with Gasteiger partial charge in [-0.2, -0.15) is 0 Å². The average Bonchev–Trinajstić information content (AvgIpc) is 2.84. The fourth-order valence-corrected chi connectivity index (χ4v) is 6.37. The minimum absolute atomic E-state index is 0.284. The lowest BCUT2D eigenvalue weighted by molar-refractivity contribution is -0.155. The van der Waals surface area contributed by atoms with Gasteiger partial charge >= 0.3 is 23.9 Å². The molecule has 36 heavy (non-hydrogen) atoms. The summed E-state index contributed by atoms with van der Waals surface area (Å²) in [5, 5.41) is 0. The second-order valence-corrected chi connectivity index (χ2v) is 13.3. The van der Waals surface area contributed by atoms with Gasteiger partial charge in [-0.15, -0.1) is 0 Å². The Morgan fingerprint density at radius 3 is 1.11 bits per heavy atom.